The summed E-state index contributed by atoms with van der Waals surface area (Å²) < 4.78 is 1.47. The molecule has 0 unspecified atom stereocenters. The molecule has 0 radical (unpaired) electrons. The second-order valence-corrected chi connectivity index (χ2v) is 4.21. The van der Waals surface area contributed by atoms with Crippen molar-refractivity contribution >= 4 is 28.4 Å². The fourth-order valence-electron chi connectivity index (χ4n) is 0.930. The number of aromatic nitrogens is 2. The number of rotatable bonds is 2. The highest BCUT2D eigenvalue weighted by Gasteiger charge is 2.08. The van der Waals surface area contributed by atoms with Crippen molar-refractivity contribution in [2.45, 2.75) is 25.4 Å². The molecule has 1 heterocycles. The van der Waals surface area contributed by atoms with Gasteiger partial charge in [-0.25, -0.2) is 4.98 Å². The third-order valence-electron chi connectivity index (χ3n) is 1.50. The van der Waals surface area contributed by atoms with Crippen LogP contribution in [0.5, 0.6) is 0 Å². The SMILES string of the molecule is CCn1cc(Cl)nc(SC(C)=N)c1=O. The molecule has 6 heteroatoms. The largest absolute Gasteiger partial charge is 0.310 e. The molecule has 0 aromatic carbocycles. The van der Waals surface area contributed by atoms with Gasteiger partial charge in [0.15, 0.2) is 5.03 Å². The van der Waals surface area contributed by atoms with Crippen molar-refractivity contribution in [1.82, 2.24) is 9.55 Å². The van der Waals surface area contributed by atoms with Crippen LogP contribution in [0.15, 0.2) is 16.0 Å². The number of hydrogen-bond acceptors (Lipinski definition) is 4. The summed E-state index contributed by atoms with van der Waals surface area (Å²) in [6.45, 7) is 4.00. The first-order chi connectivity index (χ1) is 6.54. The maximum atomic E-state index is 11.6. The van der Waals surface area contributed by atoms with Crippen molar-refractivity contribution in [2.75, 3.05) is 0 Å². The zero-order chi connectivity index (χ0) is 10.7. The maximum absolute atomic E-state index is 11.6. The van der Waals surface area contributed by atoms with Gasteiger partial charge in [-0.2, -0.15) is 0 Å². The van der Waals surface area contributed by atoms with Crippen molar-refractivity contribution in [3.63, 3.8) is 0 Å². The minimum atomic E-state index is -0.200. The molecule has 0 saturated carbocycles. The zero-order valence-electron chi connectivity index (χ0n) is 7.87. The summed E-state index contributed by atoms with van der Waals surface area (Å²) in [5.41, 5.74) is -0.200. The van der Waals surface area contributed by atoms with E-state index in [1.165, 1.54) is 10.8 Å². The third kappa shape index (κ3) is 2.59. The molecule has 0 aliphatic carbocycles. The van der Waals surface area contributed by atoms with Gasteiger partial charge in [-0.1, -0.05) is 11.6 Å². The highest BCUT2D eigenvalue weighted by Crippen LogP contribution is 2.14. The Bertz CT molecular complexity index is 416. The second kappa shape index (κ2) is 4.61. The van der Waals surface area contributed by atoms with Crippen LogP contribution in [-0.4, -0.2) is 14.6 Å². The van der Waals surface area contributed by atoms with Crippen molar-refractivity contribution in [2.24, 2.45) is 0 Å². The Hall–Kier alpha value is -0.810. The van der Waals surface area contributed by atoms with E-state index in [0.29, 0.717) is 11.6 Å². The molecule has 0 aliphatic rings. The summed E-state index contributed by atoms with van der Waals surface area (Å²) in [7, 11) is 0. The van der Waals surface area contributed by atoms with Gasteiger partial charge in [0.05, 0.1) is 5.04 Å². The lowest BCUT2D eigenvalue weighted by Gasteiger charge is -2.04. The molecule has 1 rings (SSSR count). The van der Waals surface area contributed by atoms with Crippen LogP contribution in [0.1, 0.15) is 13.8 Å². The van der Waals surface area contributed by atoms with Crippen LogP contribution < -0.4 is 5.56 Å². The van der Waals surface area contributed by atoms with E-state index in [1.807, 2.05) is 6.92 Å². The predicted octanol–water partition coefficient (Wildman–Crippen LogP) is 2.01. The summed E-state index contributed by atoms with van der Waals surface area (Å²) in [6.07, 6.45) is 1.49. The van der Waals surface area contributed by atoms with Gasteiger partial charge in [-0.05, 0) is 25.6 Å². The van der Waals surface area contributed by atoms with E-state index >= 15 is 0 Å². The molecule has 14 heavy (non-hydrogen) atoms. The minimum absolute atomic E-state index is 0.200. The van der Waals surface area contributed by atoms with Gasteiger partial charge < -0.3 is 4.57 Å². The predicted molar refractivity (Wildman–Crippen MR) is 58.4 cm³/mol. The highest BCUT2D eigenvalue weighted by molar-refractivity contribution is 8.13. The van der Waals surface area contributed by atoms with Crippen LogP contribution in [0, 0.1) is 5.41 Å². The van der Waals surface area contributed by atoms with E-state index in [1.54, 1.807) is 6.92 Å². The molecular weight excluding hydrogens is 222 g/mol. The lowest BCUT2D eigenvalue weighted by molar-refractivity contribution is 0.693. The molecule has 1 aromatic heterocycles. The van der Waals surface area contributed by atoms with Crippen molar-refractivity contribution in [3.8, 4) is 0 Å². The van der Waals surface area contributed by atoms with Gasteiger partial charge in [0.2, 0.25) is 0 Å². The van der Waals surface area contributed by atoms with Gasteiger partial charge in [-0.15, -0.1) is 0 Å². The molecule has 0 spiro atoms. The molecule has 0 fully saturated rings. The zero-order valence-corrected chi connectivity index (χ0v) is 9.45. The average Bonchev–Trinajstić information content (AvgIpc) is 2.09. The van der Waals surface area contributed by atoms with Crippen LogP contribution in [0.25, 0.3) is 0 Å². The van der Waals surface area contributed by atoms with Gasteiger partial charge in [-0.3, -0.25) is 10.2 Å². The number of nitrogens with one attached hydrogen (secondary N) is 1. The van der Waals surface area contributed by atoms with E-state index in [9.17, 15) is 4.79 Å². The highest BCUT2D eigenvalue weighted by atomic mass is 35.5. The Morgan fingerprint density at radius 2 is 2.43 bits per heavy atom. The van der Waals surface area contributed by atoms with Gasteiger partial charge in [0.1, 0.15) is 5.15 Å². The number of hydrogen-bond donors (Lipinski definition) is 1. The summed E-state index contributed by atoms with van der Waals surface area (Å²) in [6, 6.07) is 0. The molecular formula is C8H10ClN3OS. The van der Waals surface area contributed by atoms with Crippen LogP contribution in [-0.2, 0) is 6.54 Å². The molecule has 1 N–H and O–H groups in total. The van der Waals surface area contributed by atoms with E-state index in [-0.39, 0.29) is 15.7 Å². The van der Waals surface area contributed by atoms with Crippen molar-refractivity contribution in [1.29, 1.82) is 5.41 Å². The molecule has 0 atom stereocenters. The first-order valence-electron chi connectivity index (χ1n) is 4.04. The smallest absolute Gasteiger partial charge is 0.283 e. The molecule has 0 saturated heterocycles. The van der Waals surface area contributed by atoms with Crippen molar-refractivity contribution in [3.05, 3.63) is 21.7 Å². The molecule has 4 nitrogen and oxygen atoms in total. The maximum Gasteiger partial charge on any atom is 0.283 e. The quantitative estimate of drug-likeness (QED) is 0.481. The number of aryl methyl sites for hydroxylation is 1. The topological polar surface area (TPSA) is 58.7 Å². The fraction of sp³-hybridized carbons (Fsp3) is 0.375. The van der Waals surface area contributed by atoms with Crippen LogP contribution in [0.4, 0.5) is 0 Å². The van der Waals surface area contributed by atoms with Crippen LogP contribution in [0.2, 0.25) is 5.15 Å². The molecule has 0 amide bonds. The number of halogens is 1. The summed E-state index contributed by atoms with van der Waals surface area (Å²) in [4.78, 5) is 15.5. The Balaban J connectivity index is 3.22. The Kier molecular flexibility index (Phi) is 3.71. The van der Waals surface area contributed by atoms with Crippen LogP contribution in [0.3, 0.4) is 0 Å². The Morgan fingerprint density at radius 1 is 1.79 bits per heavy atom. The lowest BCUT2D eigenvalue weighted by Crippen LogP contribution is -2.21. The molecule has 0 bridgehead atoms. The van der Waals surface area contributed by atoms with Crippen molar-refractivity contribution < 1.29 is 0 Å². The van der Waals surface area contributed by atoms with E-state index in [2.05, 4.69) is 4.98 Å². The monoisotopic (exact) mass is 231 g/mol. The van der Waals surface area contributed by atoms with Gasteiger partial charge >= 0.3 is 0 Å². The number of thioether (sulfide) groups is 1. The molecule has 0 aliphatic heterocycles. The fourth-order valence-corrected chi connectivity index (χ4v) is 1.82. The summed E-state index contributed by atoms with van der Waals surface area (Å²) in [5, 5.41) is 8.11. The van der Waals surface area contributed by atoms with Gasteiger partial charge in [0, 0.05) is 12.7 Å². The first-order valence-corrected chi connectivity index (χ1v) is 5.24. The Labute approximate surface area is 90.8 Å². The normalized spacial score (nSPS) is 10.2. The number of nitrogens with zero attached hydrogens (tertiary/aromatic N) is 2. The average molecular weight is 232 g/mol. The summed E-state index contributed by atoms with van der Waals surface area (Å²) in [5.74, 6) is 0. The van der Waals surface area contributed by atoms with Gasteiger partial charge in [0.25, 0.3) is 5.56 Å². The summed E-state index contributed by atoms with van der Waals surface area (Å²) >= 11 is 6.75. The van der Waals surface area contributed by atoms with E-state index in [0.717, 1.165) is 11.8 Å². The lowest BCUT2D eigenvalue weighted by atomic mass is 10.6. The van der Waals surface area contributed by atoms with Crippen LogP contribution >= 0.6 is 23.4 Å². The molecule has 1 aromatic rings. The third-order valence-corrected chi connectivity index (χ3v) is 2.45. The minimum Gasteiger partial charge on any atom is -0.310 e. The van der Waals surface area contributed by atoms with E-state index < -0.39 is 0 Å². The van der Waals surface area contributed by atoms with E-state index in [4.69, 9.17) is 17.0 Å². The standard InChI is InChI=1S/C8H10ClN3OS/c1-3-12-4-6(9)11-7(8(12)13)14-5(2)10/h4,10H,3H2,1-2H3. The Morgan fingerprint density at radius 3 is 2.93 bits per heavy atom. The molecule has 76 valence electrons. The second-order valence-electron chi connectivity index (χ2n) is 2.62. The first kappa shape index (κ1) is 11.3.